The molecule has 1 atom stereocenters. The molecule has 7 heteroatoms. The summed E-state index contributed by atoms with van der Waals surface area (Å²) >= 11 is 11.5. The Kier molecular flexibility index (Phi) is 7.03. The van der Waals surface area contributed by atoms with Crippen LogP contribution in [-0.4, -0.2) is 25.5 Å². The second kappa shape index (κ2) is 8.03. The molecule has 1 aromatic rings. The molecule has 1 amide bonds. The van der Waals surface area contributed by atoms with Gasteiger partial charge < -0.3 is 10.6 Å². The molecule has 0 saturated carbocycles. The summed E-state index contributed by atoms with van der Waals surface area (Å²) in [7, 11) is 0. The lowest BCUT2D eigenvalue weighted by Gasteiger charge is -2.22. The van der Waals surface area contributed by atoms with Gasteiger partial charge in [0.05, 0.1) is 15.6 Å². The molecule has 1 aliphatic heterocycles. The van der Waals surface area contributed by atoms with Crippen molar-refractivity contribution in [3.05, 3.63) is 33.6 Å². The second-order valence-corrected chi connectivity index (χ2v) is 5.48. The van der Waals surface area contributed by atoms with Crippen LogP contribution in [0.15, 0.2) is 12.1 Å². The first-order valence-corrected chi connectivity index (χ1v) is 6.97. The molecule has 0 aromatic heterocycles. The van der Waals surface area contributed by atoms with Crippen LogP contribution in [0.1, 0.15) is 23.2 Å². The third-order valence-corrected chi connectivity index (χ3v) is 3.81. The van der Waals surface area contributed by atoms with Crippen LogP contribution >= 0.6 is 35.6 Å². The number of hydrogen-bond donors (Lipinski definition) is 2. The molecule has 0 radical (unpaired) electrons. The van der Waals surface area contributed by atoms with Gasteiger partial charge in [-0.1, -0.05) is 23.2 Å². The maximum absolute atomic E-state index is 13.3. The van der Waals surface area contributed by atoms with Crippen molar-refractivity contribution >= 4 is 41.5 Å². The van der Waals surface area contributed by atoms with E-state index >= 15 is 0 Å². The van der Waals surface area contributed by atoms with Crippen LogP contribution in [-0.2, 0) is 0 Å². The summed E-state index contributed by atoms with van der Waals surface area (Å²) in [5, 5.41) is 6.13. The molecule has 3 nitrogen and oxygen atoms in total. The summed E-state index contributed by atoms with van der Waals surface area (Å²) < 4.78 is 13.3. The molecule has 2 N–H and O–H groups in total. The minimum Gasteiger partial charge on any atom is -0.352 e. The minimum absolute atomic E-state index is 0. The number of benzene rings is 1. The van der Waals surface area contributed by atoms with Crippen LogP contribution in [0.4, 0.5) is 4.39 Å². The maximum atomic E-state index is 13.3. The van der Waals surface area contributed by atoms with Gasteiger partial charge in [0.15, 0.2) is 0 Å². The SMILES string of the molecule is Cl.O=C(NCC1CCCNC1)c1cc(F)c(Cl)cc1Cl. The Morgan fingerprint density at radius 1 is 1.40 bits per heavy atom. The van der Waals surface area contributed by atoms with Crippen molar-refractivity contribution in [3.63, 3.8) is 0 Å². The van der Waals surface area contributed by atoms with Gasteiger partial charge in [0.25, 0.3) is 5.91 Å². The molecule has 112 valence electrons. The third kappa shape index (κ3) is 4.48. The lowest BCUT2D eigenvalue weighted by atomic mass is 9.99. The van der Waals surface area contributed by atoms with Crippen LogP contribution in [0, 0.1) is 11.7 Å². The van der Waals surface area contributed by atoms with Crippen molar-refractivity contribution in [3.8, 4) is 0 Å². The average Bonchev–Trinajstić information content (AvgIpc) is 2.41. The number of nitrogens with one attached hydrogen (secondary N) is 2. The van der Waals surface area contributed by atoms with Gasteiger partial charge in [-0.3, -0.25) is 4.79 Å². The smallest absolute Gasteiger partial charge is 0.252 e. The van der Waals surface area contributed by atoms with Crippen molar-refractivity contribution in [1.29, 1.82) is 0 Å². The van der Waals surface area contributed by atoms with Gasteiger partial charge in [-0.25, -0.2) is 4.39 Å². The van der Waals surface area contributed by atoms with Gasteiger partial charge in [0, 0.05) is 6.54 Å². The first-order chi connectivity index (χ1) is 9.08. The fourth-order valence-electron chi connectivity index (χ4n) is 2.13. The number of carbonyl (C=O) groups excluding carboxylic acids is 1. The van der Waals surface area contributed by atoms with E-state index in [-0.39, 0.29) is 33.9 Å². The van der Waals surface area contributed by atoms with Gasteiger partial charge >= 0.3 is 0 Å². The molecule has 0 aliphatic carbocycles. The predicted molar refractivity (Wildman–Crippen MR) is 81.6 cm³/mol. The largest absolute Gasteiger partial charge is 0.352 e. The summed E-state index contributed by atoms with van der Waals surface area (Å²) in [5.74, 6) is -0.602. The topological polar surface area (TPSA) is 41.1 Å². The molecule has 1 aliphatic rings. The van der Waals surface area contributed by atoms with Crippen LogP contribution in [0.3, 0.4) is 0 Å². The lowest BCUT2D eigenvalue weighted by Crippen LogP contribution is -2.38. The summed E-state index contributed by atoms with van der Waals surface area (Å²) in [6.45, 7) is 2.48. The highest BCUT2D eigenvalue weighted by atomic mass is 35.5. The van der Waals surface area contributed by atoms with Crippen molar-refractivity contribution in [1.82, 2.24) is 10.6 Å². The summed E-state index contributed by atoms with van der Waals surface area (Å²) in [6, 6.07) is 2.31. The van der Waals surface area contributed by atoms with E-state index < -0.39 is 5.82 Å². The Bertz CT molecular complexity index is 479. The summed E-state index contributed by atoms with van der Waals surface area (Å²) in [6.07, 6.45) is 2.19. The van der Waals surface area contributed by atoms with Gasteiger partial charge in [0.1, 0.15) is 5.82 Å². The molecule has 2 rings (SSSR count). The zero-order valence-corrected chi connectivity index (χ0v) is 13.0. The Hall–Kier alpha value is -0.550. The highest BCUT2D eigenvalue weighted by Crippen LogP contribution is 2.24. The quantitative estimate of drug-likeness (QED) is 0.828. The van der Waals surface area contributed by atoms with E-state index in [4.69, 9.17) is 23.2 Å². The van der Waals surface area contributed by atoms with Crippen molar-refractivity contribution in [2.24, 2.45) is 5.92 Å². The number of rotatable bonds is 3. The highest BCUT2D eigenvalue weighted by Gasteiger charge is 2.17. The number of halogens is 4. The van der Waals surface area contributed by atoms with Gasteiger partial charge in [0.2, 0.25) is 0 Å². The highest BCUT2D eigenvalue weighted by molar-refractivity contribution is 6.36. The van der Waals surface area contributed by atoms with E-state index in [0.717, 1.165) is 32.0 Å². The predicted octanol–water partition coefficient (Wildman–Crippen LogP) is 3.28. The van der Waals surface area contributed by atoms with E-state index in [1.807, 2.05) is 0 Å². The van der Waals surface area contributed by atoms with E-state index in [1.165, 1.54) is 6.07 Å². The standard InChI is InChI=1S/C13H15Cl2FN2O.ClH/c14-10-5-11(15)12(16)4-9(10)13(19)18-7-8-2-1-3-17-6-8;/h4-5,8,17H,1-3,6-7H2,(H,18,19);1H. The van der Waals surface area contributed by atoms with Crippen molar-refractivity contribution in [2.75, 3.05) is 19.6 Å². The molecular weight excluding hydrogens is 326 g/mol. The molecule has 1 heterocycles. The molecule has 1 unspecified atom stereocenters. The van der Waals surface area contributed by atoms with Crippen LogP contribution in [0.5, 0.6) is 0 Å². The number of piperidine rings is 1. The van der Waals surface area contributed by atoms with E-state index in [9.17, 15) is 9.18 Å². The van der Waals surface area contributed by atoms with Crippen molar-refractivity contribution in [2.45, 2.75) is 12.8 Å². The van der Waals surface area contributed by atoms with Gasteiger partial charge in [-0.15, -0.1) is 12.4 Å². The van der Waals surface area contributed by atoms with Crippen molar-refractivity contribution < 1.29 is 9.18 Å². The number of amides is 1. The Morgan fingerprint density at radius 2 is 2.15 bits per heavy atom. The molecular formula is C13H16Cl3FN2O. The van der Waals surface area contributed by atoms with E-state index in [2.05, 4.69) is 10.6 Å². The average molecular weight is 342 g/mol. The zero-order chi connectivity index (χ0) is 13.8. The fourth-order valence-corrected chi connectivity index (χ4v) is 2.60. The Morgan fingerprint density at radius 3 is 2.80 bits per heavy atom. The van der Waals surface area contributed by atoms with Crippen LogP contribution in [0.2, 0.25) is 10.0 Å². The number of hydrogen-bond acceptors (Lipinski definition) is 2. The molecule has 0 spiro atoms. The minimum atomic E-state index is -0.643. The molecule has 1 fully saturated rings. The zero-order valence-electron chi connectivity index (χ0n) is 10.7. The molecule has 20 heavy (non-hydrogen) atoms. The molecule has 1 aromatic carbocycles. The normalized spacial score (nSPS) is 18.2. The third-order valence-electron chi connectivity index (χ3n) is 3.20. The Labute approximate surface area is 133 Å². The fraction of sp³-hybridized carbons (Fsp3) is 0.462. The monoisotopic (exact) mass is 340 g/mol. The summed E-state index contributed by atoms with van der Waals surface area (Å²) in [4.78, 5) is 11.9. The van der Waals surface area contributed by atoms with Crippen LogP contribution < -0.4 is 10.6 Å². The first-order valence-electron chi connectivity index (χ1n) is 6.21. The summed E-state index contributed by atoms with van der Waals surface area (Å²) in [5.41, 5.74) is 0.118. The first kappa shape index (κ1) is 17.5. The van der Waals surface area contributed by atoms with Crippen LogP contribution in [0.25, 0.3) is 0 Å². The second-order valence-electron chi connectivity index (χ2n) is 4.67. The molecule has 1 saturated heterocycles. The van der Waals surface area contributed by atoms with E-state index in [1.54, 1.807) is 0 Å². The number of carbonyl (C=O) groups is 1. The van der Waals surface area contributed by atoms with Gasteiger partial charge in [-0.2, -0.15) is 0 Å². The maximum Gasteiger partial charge on any atom is 0.252 e. The lowest BCUT2D eigenvalue weighted by molar-refractivity contribution is 0.0944. The molecule has 0 bridgehead atoms. The van der Waals surface area contributed by atoms with E-state index in [0.29, 0.717) is 12.5 Å². The van der Waals surface area contributed by atoms with Gasteiger partial charge in [-0.05, 0) is 44.0 Å². The Balaban J connectivity index is 0.00000200.